The van der Waals surface area contributed by atoms with Crippen molar-refractivity contribution in [2.75, 3.05) is 68.2 Å². The van der Waals surface area contributed by atoms with Crippen LogP contribution in [0.1, 0.15) is 12.8 Å². The van der Waals surface area contributed by atoms with Gasteiger partial charge in [0.1, 0.15) is 5.75 Å². The van der Waals surface area contributed by atoms with Crippen molar-refractivity contribution >= 4 is 17.2 Å². The van der Waals surface area contributed by atoms with Crippen molar-refractivity contribution in [3.63, 3.8) is 0 Å². The molecule has 3 heterocycles. The van der Waals surface area contributed by atoms with Crippen LogP contribution in [0.2, 0.25) is 0 Å². The van der Waals surface area contributed by atoms with Gasteiger partial charge in [0.25, 0.3) is 0 Å². The average molecular weight is 367 g/mol. The smallest absolute Gasteiger partial charge is 0.150 e. The molecule has 144 valence electrons. The second-order valence-corrected chi connectivity index (χ2v) is 7.18. The van der Waals surface area contributed by atoms with E-state index in [1.165, 1.54) is 30.8 Å². The molecule has 4 rings (SSSR count). The molecular formula is C21H29N5O. The third-order valence-electron chi connectivity index (χ3n) is 5.51. The normalized spacial score (nSPS) is 16.9. The third-order valence-corrected chi connectivity index (χ3v) is 5.51. The van der Waals surface area contributed by atoms with Gasteiger partial charge in [0.15, 0.2) is 5.82 Å². The number of unbranched alkanes of at least 4 members (excludes halogenated alkanes) is 1. The van der Waals surface area contributed by atoms with Gasteiger partial charge in [-0.1, -0.05) is 12.1 Å². The molecule has 27 heavy (non-hydrogen) atoms. The number of hydrogen-bond acceptors (Lipinski definition) is 6. The SMILES string of the molecule is COc1ccccc1N1CCN(CCCCN2CNc3ncccc32)CC1. The number of piperazine rings is 1. The van der Waals surface area contributed by atoms with Crippen molar-refractivity contribution in [1.29, 1.82) is 0 Å². The maximum absolute atomic E-state index is 5.51. The summed E-state index contributed by atoms with van der Waals surface area (Å²) in [5.74, 6) is 1.99. The van der Waals surface area contributed by atoms with Gasteiger partial charge < -0.3 is 19.9 Å². The molecular weight excluding hydrogens is 338 g/mol. The molecule has 6 heteroatoms. The molecule has 0 saturated carbocycles. The highest BCUT2D eigenvalue weighted by Gasteiger charge is 2.20. The lowest BCUT2D eigenvalue weighted by molar-refractivity contribution is 0.252. The highest BCUT2D eigenvalue weighted by atomic mass is 16.5. The predicted octanol–water partition coefficient (Wildman–Crippen LogP) is 2.88. The Morgan fingerprint density at radius 1 is 0.963 bits per heavy atom. The Morgan fingerprint density at radius 2 is 1.74 bits per heavy atom. The van der Waals surface area contributed by atoms with Gasteiger partial charge in [0, 0.05) is 38.9 Å². The van der Waals surface area contributed by atoms with E-state index >= 15 is 0 Å². The molecule has 0 bridgehead atoms. The molecule has 0 spiro atoms. The molecule has 0 radical (unpaired) electrons. The van der Waals surface area contributed by atoms with Gasteiger partial charge in [-0.15, -0.1) is 0 Å². The number of methoxy groups -OCH3 is 1. The fourth-order valence-electron chi connectivity index (χ4n) is 3.98. The van der Waals surface area contributed by atoms with Gasteiger partial charge in [-0.3, -0.25) is 4.90 Å². The Labute approximate surface area is 161 Å². The van der Waals surface area contributed by atoms with E-state index in [-0.39, 0.29) is 0 Å². The molecule has 1 saturated heterocycles. The minimum atomic E-state index is 0.879. The summed E-state index contributed by atoms with van der Waals surface area (Å²) in [5.41, 5.74) is 2.45. The summed E-state index contributed by atoms with van der Waals surface area (Å²) in [5, 5.41) is 3.36. The summed E-state index contributed by atoms with van der Waals surface area (Å²) < 4.78 is 5.51. The lowest BCUT2D eigenvalue weighted by Gasteiger charge is -2.36. The van der Waals surface area contributed by atoms with Gasteiger partial charge in [0.2, 0.25) is 0 Å². The Bertz CT molecular complexity index is 745. The van der Waals surface area contributed by atoms with E-state index in [9.17, 15) is 0 Å². The number of anilines is 3. The molecule has 0 atom stereocenters. The summed E-state index contributed by atoms with van der Waals surface area (Å²) in [6.07, 6.45) is 4.30. The van der Waals surface area contributed by atoms with Crippen LogP contribution in [0.4, 0.5) is 17.2 Å². The standard InChI is InChI=1S/C21H29N5O/c1-27-20-9-3-2-7-18(20)25-15-13-24(14-16-25)11-4-5-12-26-17-23-21-19(26)8-6-10-22-21/h2-3,6-10H,4-5,11-17H2,1H3,(H,22,23). The van der Waals surface area contributed by atoms with Crippen LogP contribution in [-0.2, 0) is 0 Å². The van der Waals surface area contributed by atoms with Gasteiger partial charge in [-0.25, -0.2) is 4.98 Å². The molecule has 0 unspecified atom stereocenters. The topological polar surface area (TPSA) is 43.9 Å². The van der Waals surface area contributed by atoms with Crippen LogP contribution >= 0.6 is 0 Å². The molecule has 0 aliphatic carbocycles. The number of aromatic nitrogens is 1. The van der Waals surface area contributed by atoms with Crippen LogP contribution in [0.3, 0.4) is 0 Å². The molecule has 1 N–H and O–H groups in total. The maximum atomic E-state index is 5.51. The quantitative estimate of drug-likeness (QED) is 0.759. The number of nitrogens with one attached hydrogen (secondary N) is 1. The van der Waals surface area contributed by atoms with Crippen LogP contribution in [0.5, 0.6) is 5.75 Å². The fourth-order valence-corrected chi connectivity index (χ4v) is 3.98. The monoisotopic (exact) mass is 367 g/mol. The first-order chi connectivity index (χ1) is 13.3. The molecule has 2 aromatic rings. The number of pyridine rings is 1. The van der Waals surface area contributed by atoms with E-state index in [4.69, 9.17) is 4.74 Å². The minimum absolute atomic E-state index is 0.879. The molecule has 1 aromatic carbocycles. The van der Waals surface area contributed by atoms with Gasteiger partial charge in [-0.05, 0) is 43.7 Å². The van der Waals surface area contributed by atoms with Gasteiger partial charge in [-0.2, -0.15) is 0 Å². The van der Waals surface area contributed by atoms with Crippen molar-refractivity contribution in [2.45, 2.75) is 12.8 Å². The zero-order chi connectivity index (χ0) is 18.5. The van der Waals surface area contributed by atoms with Crippen molar-refractivity contribution in [3.05, 3.63) is 42.6 Å². The van der Waals surface area contributed by atoms with Crippen molar-refractivity contribution < 1.29 is 4.74 Å². The zero-order valence-electron chi connectivity index (χ0n) is 16.1. The number of rotatable bonds is 7. The second kappa shape index (κ2) is 8.48. The number of nitrogens with zero attached hydrogens (tertiary/aromatic N) is 4. The van der Waals surface area contributed by atoms with Gasteiger partial charge >= 0.3 is 0 Å². The number of fused-ring (bicyclic) bond motifs is 1. The van der Waals surface area contributed by atoms with E-state index in [2.05, 4.69) is 43.2 Å². The van der Waals surface area contributed by atoms with Crippen molar-refractivity contribution in [2.24, 2.45) is 0 Å². The largest absolute Gasteiger partial charge is 0.495 e. The maximum Gasteiger partial charge on any atom is 0.150 e. The van der Waals surface area contributed by atoms with Crippen LogP contribution in [0, 0.1) is 0 Å². The molecule has 1 fully saturated rings. The van der Waals surface area contributed by atoms with Crippen molar-refractivity contribution in [3.8, 4) is 5.75 Å². The van der Waals surface area contributed by atoms with Crippen LogP contribution < -0.4 is 19.9 Å². The lowest BCUT2D eigenvalue weighted by atomic mass is 10.2. The highest BCUT2D eigenvalue weighted by molar-refractivity contribution is 5.70. The summed E-state index contributed by atoms with van der Waals surface area (Å²) in [6, 6.07) is 12.5. The van der Waals surface area contributed by atoms with Gasteiger partial charge in [0.05, 0.1) is 25.2 Å². The van der Waals surface area contributed by atoms with E-state index in [0.717, 1.165) is 51.0 Å². The summed E-state index contributed by atoms with van der Waals surface area (Å²) >= 11 is 0. The van der Waals surface area contributed by atoms with Crippen molar-refractivity contribution in [1.82, 2.24) is 9.88 Å². The minimum Gasteiger partial charge on any atom is -0.495 e. The zero-order valence-corrected chi connectivity index (χ0v) is 16.1. The molecule has 0 amide bonds. The fraction of sp³-hybridized carbons (Fsp3) is 0.476. The first-order valence-corrected chi connectivity index (χ1v) is 9.89. The number of benzene rings is 1. The Morgan fingerprint density at radius 3 is 2.59 bits per heavy atom. The Kier molecular flexibility index (Phi) is 5.63. The number of hydrogen-bond donors (Lipinski definition) is 1. The highest BCUT2D eigenvalue weighted by Crippen LogP contribution is 2.29. The molecule has 1 aromatic heterocycles. The van der Waals surface area contributed by atoms with E-state index < -0.39 is 0 Å². The predicted molar refractivity (Wildman–Crippen MR) is 111 cm³/mol. The molecule has 2 aliphatic heterocycles. The molecule has 6 nitrogen and oxygen atoms in total. The van der Waals surface area contributed by atoms with Crippen LogP contribution in [0.15, 0.2) is 42.6 Å². The summed E-state index contributed by atoms with van der Waals surface area (Å²) in [6.45, 7) is 7.52. The van der Waals surface area contributed by atoms with E-state index in [0.29, 0.717) is 0 Å². The summed E-state index contributed by atoms with van der Waals surface area (Å²) in [7, 11) is 1.75. The first kappa shape index (κ1) is 17.9. The van der Waals surface area contributed by atoms with E-state index in [1.807, 2.05) is 24.4 Å². The average Bonchev–Trinajstić information content (AvgIpc) is 3.15. The second-order valence-electron chi connectivity index (χ2n) is 7.18. The van der Waals surface area contributed by atoms with Crippen LogP contribution in [0.25, 0.3) is 0 Å². The first-order valence-electron chi connectivity index (χ1n) is 9.89. The Balaban J connectivity index is 1.18. The lowest BCUT2D eigenvalue weighted by Crippen LogP contribution is -2.46. The Hall–Kier alpha value is -2.47. The van der Waals surface area contributed by atoms with E-state index in [1.54, 1.807) is 7.11 Å². The summed E-state index contributed by atoms with van der Waals surface area (Å²) in [4.78, 5) is 11.8. The third kappa shape index (κ3) is 4.11. The molecule has 2 aliphatic rings. The van der Waals surface area contributed by atoms with Crippen LogP contribution in [-0.4, -0.2) is 62.9 Å². The number of ether oxygens (including phenoxy) is 1. The number of para-hydroxylation sites is 2.